The third-order valence-corrected chi connectivity index (χ3v) is 7.71. The van der Waals surface area contributed by atoms with E-state index < -0.39 is 6.10 Å². The lowest BCUT2D eigenvalue weighted by Crippen LogP contribution is -2.08. The fraction of sp³-hybridized carbons (Fsp3) is 0.342. The predicted octanol–water partition coefficient (Wildman–Crippen LogP) is 7.98. The van der Waals surface area contributed by atoms with Crippen molar-refractivity contribution in [2.75, 3.05) is 39.6 Å². The topological polar surface area (TPSA) is 74.2 Å². The van der Waals surface area contributed by atoms with Gasteiger partial charge < -0.3 is 24.1 Å². The van der Waals surface area contributed by atoms with Gasteiger partial charge in [0.05, 0.1) is 13.2 Å². The minimum atomic E-state index is -1.02. The van der Waals surface area contributed by atoms with Crippen LogP contribution in [0, 0.1) is 27.7 Å². The maximum absolute atomic E-state index is 12.3. The number of rotatable bonds is 15. The lowest BCUT2D eigenvalue weighted by Gasteiger charge is -2.22. The average Bonchev–Trinajstić information content (AvgIpc) is 3.00. The first-order valence-corrected chi connectivity index (χ1v) is 15.3. The van der Waals surface area contributed by atoms with Crippen molar-refractivity contribution in [3.05, 3.63) is 106 Å². The lowest BCUT2D eigenvalue weighted by molar-refractivity contribution is 0.110. The van der Waals surface area contributed by atoms with Crippen molar-refractivity contribution in [2.45, 2.75) is 47.6 Å². The number of aldehydes is 1. The first-order valence-electron chi connectivity index (χ1n) is 15.3. The monoisotopic (exact) mass is 596 g/mol. The van der Waals surface area contributed by atoms with Gasteiger partial charge in [-0.3, -0.25) is 4.79 Å². The van der Waals surface area contributed by atoms with E-state index in [9.17, 15) is 9.90 Å². The van der Waals surface area contributed by atoms with Gasteiger partial charge in [0.1, 0.15) is 37.1 Å². The van der Waals surface area contributed by atoms with Crippen molar-refractivity contribution in [2.24, 2.45) is 0 Å². The van der Waals surface area contributed by atoms with E-state index >= 15 is 0 Å². The number of aryl methyl sites for hydroxylation is 4. The SMILES string of the molecule is CCOCCOc1cc(C)c(-c2cccc(C(O)c3c(C=O)cccc3-c3c(C)cc(OCCOCC)cc3C)c2)c(C)c1. The Morgan fingerprint density at radius 1 is 0.682 bits per heavy atom. The molecule has 1 unspecified atom stereocenters. The number of ether oxygens (including phenoxy) is 4. The summed E-state index contributed by atoms with van der Waals surface area (Å²) in [5.74, 6) is 1.57. The Morgan fingerprint density at radius 3 is 1.73 bits per heavy atom. The molecule has 0 saturated carbocycles. The molecule has 0 amide bonds. The van der Waals surface area contributed by atoms with Crippen LogP contribution in [0.4, 0.5) is 0 Å². The van der Waals surface area contributed by atoms with E-state index in [-0.39, 0.29) is 0 Å². The van der Waals surface area contributed by atoms with Crippen LogP contribution in [0.25, 0.3) is 22.3 Å². The molecule has 0 heterocycles. The summed E-state index contributed by atoms with van der Waals surface area (Å²) < 4.78 is 22.6. The Labute approximate surface area is 261 Å². The normalized spacial score (nSPS) is 11.8. The quantitative estimate of drug-likeness (QED) is 0.111. The van der Waals surface area contributed by atoms with Crippen LogP contribution in [-0.2, 0) is 9.47 Å². The minimum absolute atomic E-state index is 0.456. The summed E-state index contributed by atoms with van der Waals surface area (Å²) >= 11 is 0. The highest BCUT2D eigenvalue weighted by molar-refractivity contribution is 5.86. The highest BCUT2D eigenvalue weighted by Gasteiger charge is 2.23. The number of aliphatic hydroxyl groups is 1. The van der Waals surface area contributed by atoms with Crippen LogP contribution < -0.4 is 9.47 Å². The highest BCUT2D eigenvalue weighted by Crippen LogP contribution is 2.40. The molecule has 0 saturated heterocycles. The fourth-order valence-corrected chi connectivity index (χ4v) is 5.86. The zero-order valence-corrected chi connectivity index (χ0v) is 26.7. The number of benzene rings is 4. The maximum atomic E-state index is 12.3. The molecule has 4 rings (SSSR count). The largest absolute Gasteiger partial charge is 0.491 e. The van der Waals surface area contributed by atoms with Gasteiger partial charge >= 0.3 is 0 Å². The smallest absolute Gasteiger partial charge is 0.150 e. The van der Waals surface area contributed by atoms with E-state index in [1.165, 1.54) is 0 Å². The first kappa shape index (κ1) is 32.9. The van der Waals surface area contributed by atoms with Crippen molar-refractivity contribution in [1.29, 1.82) is 0 Å². The van der Waals surface area contributed by atoms with Crippen molar-refractivity contribution < 1.29 is 28.8 Å². The number of carbonyl (C=O) groups is 1. The van der Waals surface area contributed by atoms with Crippen LogP contribution in [0.1, 0.15) is 63.7 Å². The maximum Gasteiger partial charge on any atom is 0.150 e. The molecule has 0 spiro atoms. The van der Waals surface area contributed by atoms with Crippen molar-refractivity contribution in [1.82, 2.24) is 0 Å². The molecule has 4 aromatic carbocycles. The summed E-state index contributed by atoms with van der Waals surface area (Å²) in [5.41, 5.74) is 9.77. The fourth-order valence-electron chi connectivity index (χ4n) is 5.86. The predicted molar refractivity (Wildman–Crippen MR) is 176 cm³/mol. The Morgan fingerprint density at radius 2 is 1.20 bits per heavy atom. The van der Waals surface area contributed by atoms with E-state index in [0.29, 0.717) is 56.3 Å². The molecule has 0 fully saturated rings. The van der Waals surface area contributed by atoms with Gasteiger partial charge in [-0.1, -0.05) is 36.4 Å². The van der Waals surface area contributed by atoms with Crippen molar-refractivity contribution in [3.63, 3.8) is 0 Å². The average molecular weight is 597 g/mol. The molecule has 0 aliphatic heterocycles. The lowest BCUT2D eigenvalue weighted by atomic mass is 9.85. The van der Waals surface area contributed by atoms with Gasteiger partial charge in [-0.25, -0.2) is 0 Å². The summed E-state index contributed by atoms with van der Waals surface area (Å²) in [6.07, 6.45) is -0.200. The molecule has 44 heavy (non-hydrogen) atoms. The molecule has 1 atom stereocenters. The van der Waals surface area contributed by atoms with Crippen LogP contribution in [0.5, 0.6) is 11.5 Å². The van der Waals surface area contributed by atoms with Gasteiger partial charge in [0.15, 0.2) is 0 Å². The summed E-state index contributed by atoms with van der Waals surface area (Å²) in [4.78, 5) is 12.3. The zero-order chi connectivity index (χ0) is 31.6. The summed E-state index contributed by atoms with van der Waals surface area (Å²) in [6.45, 7) is 15.5. The second kappa shape index (κ2) is 15.7. The third-order valence-electron chi connectivity index (χ3n) is 7.71. The van der Waals surface area contributed by atoms with E-state index in [0.717, 1.165) is 62.3 Å². The molecule has 6 nitrogen and oxygen atoms in total. The molecular weight excluding hydrogens is 552 g/mol. The zero-order valence-electron chi connectivity index (χ0n) is 26.7. The van der Waals surface area contributed by atoms with Crippen LogP contribution in [0.15, 0.2) is 66.7 Å². The minimum Gasteiger partial charge on any atom is -0.491 e. The van der Waals surface area contributed by atoms with Crippen LogP contribution in [-0.4, -0.2) is 51.0 Å². The van der Waals surface area contributed by atoms with Crippen LogP contribution in [0.3, 0.4) is 0 Å². The highest BCUT2D eigenvalue weighted by atomic mass is 16.5. The Bertz CT molecular complexity index is 1530. The second-order valence-electron chi connectivity index (χ2n) is 10.9. The van der Waals surface area contributed by atoms with Crippen LogP contribution >= 0.6 is 0 Å². The standard InChI is InChI=1S/C38H44O6/c1-7-41-15-17-43-32-19-25(3)35(26(4)20-32)29-11-9-12-30(23-29)38(40)37-31(24-39)13-10-14-34(37)36-27(5)21-33(22-28(36)6)44-18-16-42-8-2/h9-14,19-24,38,40H,7-8,15-18H2,1-6H3. The van der Waals surface area contributed by atoms with Gasteiger partial charge in [-0.15, -0.1) is 0 Å². The number of aliphatic hydroxyl groups excluding tert-OH is 1. The van der Waals surface area contributed by atoms with E-state index in [4.69, 9.17) is 18.9 Å². The molecular formula is C38H44O6. The van der Waals surface area contributed by atoms with Crippen LogP contribution in [0.2, 0.25) is 0 Å². The summed E-state index contributed by atoms with van der Waals surface area (Å²) in [7, 11) is 0. The van der Waals surface area contributed by atoms with Gasteiger partial charge in [0, 0.05) is 24.3 Å². The van der Waals surface area contributed by atoms with Gasteiger partial charge in [0.25, 0.3) is 0 Å². The Hall–Kier alpha value is -3.97. The molecule has 0 aliphatic rings. The summed E-state index contributed by atoms with van der Waals surface area (Å²) in [6, 6.07) is 21.6. The van der Waals surface area contributed by atoms with Gasteiger partial charge in [-0.05, 0) is 122 Å². The molecule has 0 bridgehead atoms. The summed E-state index contributed by atoms with van der Waals surface area (Å²) in [5, 5.41) is 11.9. The molecule has 4 aromatic rings. The van der Waals surface area contributed by atoms with Gasteiger partial charge in [-0.2, -0.15) is 0 Å². The molecule has 6 heteroatoms. The van der Waals surface area contributed by atoms with Gasteiger partial charge in [0.2, 0.25) is 0 Å². The Balaban J connectivity index is 1.70. The number of carbonyl (C=O) groups excluding carboxylic acids is 1. The van der Waals surface area contributed by atoms with E-state index in [1.807, 2.05) is 88.4 Å². The van der Waals surface area contributed by atoms with E-state index in [1.54, 1.807) is 6.07 Å². The first-order chi connectivity index (χ1) is 21.3. The number of hydrogen-bond donors (Lipinski definition) is 1. The third kappa shape index (κ3) is 7.75. The van der Waals surface area contributed by atoms with E-state index in [2.05, 4.69) is 13.8 Å². The Kier molecular flexibility index (Phi) is 11.7. The molecule has 1 N–H and O–H groups in total. The molecule has 0 radical (unpaired) electrons. The second-order valence-corrected chi connectivity index (χ2v) is 10.9. The molecule has 232 valence electrons. The molecule has 0 aliphatic carbocycles. The molecule has 0 aromatic heterocycles. The van der Waals surface area contributed by atoms with Crippen molar-refractivity contribution in [3.8, 4) is 33.8 Å². The number of hydrogen-bond acceptors (Lipinski definition) is 6. The van der Waals surface area contributed by atoms with Crippen molar-refractivity contribution >= 4 is 6.29 Å².